The number of halogens is 3. The Morgan fingerprint density at radius 1 is 1.04 bits per heavy atom. The zero-order valence-corrected chi connectivity index (χ0v) is 15.6. The number of alkyl halides is 3. The third kappa shape index (κ3) is 6.29. The zero-order valence-electron chi connectivity index (χ0n) is 15.6. The first kappa shape index (κ1) is 21.3. The van der Waals surface area contributed by atoms with Gasteiger partial charge in [-0.05, 0) is 49.7 Å². The van der Waals surface area contributed by atoms with Gasteiger partial charge in [-0.1, -0.05) is 19.1 Å². The van der Waals surface area contributed by atoms with E-state index in [1.54, 1.807) is 24.3 Å². The molecule has 0 heterocycles. The summed E-state index contributed by atoms with van der Waals surface area (Å²) in [6, 6.07) is 11.1. The number of benzene rings is 2. The summed E-state index contributed by atoms with van der Waals surface area (Å²) >= 11 is 0. The lowest BCUT2D eigenvalue weighted by atomic mass is 10.1. The number of carbonyl (C=O) groups excluding carboxylic acids is 2. The maximum atomic E-state index is 12.7. The lowest BCUT2D eigenvalue weighted by Gasteiger charge is -2.13. The van der Waals surface area contributed by atoms with Crippen molar-refractivity contribution in [3.8, 4) is 0 Å². The first-order chi connectivity index (χ1) is 13.2. The molecule has 28 heavy (non-hydrogen) atoms. The molecule has 0 spiro atoms. The standard InChI is InChI=1S/C20H22F3N3O2/c1-3-13(2)25-19(28)14-6-4-9-17(10-14)26-18(27)12-24-16-8-5-7-15(11-16)20(21,22)23/h4-11,13,24H,3,12H2,1-2H3,(H,25,28)(H,26,27). The van der Waals surface area contributed by atoms with Crippen molar-refractivity contribution in [2.75, 3.05) is 17.2 Å². The van der Waals surface area contributed by atoms with Crippen LogP contribution in [0.15, 0.2) is 48.5 Å². The van der Waals surface area contributed by atoms with Crippen LogP contribution in [-0.4, -0.2) is 24.4 Å². The molecule has 3 N–H and O–H groups in total. The van der Waals surface area contributed by atoms with Crippen LogP contribution in [0.1, 0.15) is 36.2 Å². The summed E-state index contributed by atoms with van der Waals surface area (Å²) in [6.07, 6.45) is -3.65. The quantitative estimate of drug-likeness (QED) is 0.657. The molecular weight excluding hydrogens is 371 g/mol. The minimum absolute atomic E-state index is 0.0300. The number of nitrogens with one attached hydrogen (secondary N) is 3. The number of carbonyl (C=O) groups is 2. The van der Waals surface area contributed by atoms with E-state index in [1.807, 2.05) is 13.8 Å². The summed E-state index contributed by atoms with van der Waals surface area (Å²) in [7, 11) is 0. The van der Waals surface area contributed by atoms with Gasteiger partial charge >= 0.3 is 6.18 Å². The second-order valence-corrected chi connectivity index (χ2v) is 6.34. The van der Waals surface area contributed by atoms with Gasteiger partial charge in [0.1, 0.15) is 0 Å². The van der Waals surface area contributed by atoms with Crippen molar-refractivity contribution >= 4 is 23.2 Å². The Hall–Kier alpha value is -3.03. The smallest absolute Gasteiger partial charge is 0.376 e. The summed E-state index contributed by atoms with van der Waals surface area (Å²) in [5, 5.41) is 8.11. The first-order valence-corrected chi connectivity index (χ1v) is 8.81. The Balaban J connectivity index is 1.95. The molecule has 0 aliphatic heterocycles. The Morgan fingerprint density at radius 3 is 2.39 bits per heavy atom. The predicted molar refractivity (Wildman–Crippen MR) is 102 cm³/mol. The van der Waals surface area contributed by atoms with Crippen LogP contribution in [0, 0.1) is 0 Å². The highest BCUT2D eigenvalue weighted by molar-refractivity contribution is 5.98. The van der Waals surface area contributed by atoms with Crippen molar-refractivity contribution in [3.63, 3.8) is 0 Å². The van der Waals surface area contributed by atoms with Gasteiger partial charge in [-0.15, -0.1) is 0 Å². The third-order valence-corrected chi connectivity index (χ3v) is 4.04. The van der Waals surface area contributed by atoms with E-state index >= 15 is 0 Å². The normalized spacial score (nSPS) is 12.2. The number of hydrogen-bond acceptors (Lipinski definition) is 3. The summed E-state index contributed by atoms with van der Waals surface area (Å²) in [4.78, 5) is 24.2. The molecule has 2 rings (SSSR count). The Bertz CT molecular complexity index is 837. The van der Waals surface area contributed by atoms with Gasteiger partial charge in [-0.2, -0.15) is 13.2 Å². The van der Waals surface area contributed by atoms with Crippen molar-refractivity contribution in [2.45, 2.75) is 32.5 Å². The van der Waals surface area contributed by atoms with Crippen LogP contribution in [-0.2, 0) is 11.0 Å². The van der Waals surface area contributed by atoms with E-state index in [2.05, 4.69) is 16.0 Å². The monoisotopic (exact) mass is 393 g/mol. The van der Waals surface area contributed by atoms with Gasteiger partial charge in [-0.25, -0.2) is 0 Å². The molecule has 5 nitrogen and oxygen atoms in total. The van der Waals surface area contributed by atoms with Gasteiger partial charge in [-0.3, -0.25) is 9.59 Å². The van der Waals surface area contributed by atoms with Crippen LogP contribution < -0.4 is 16.0 Å². The Labute approximate surface area is 161 Å². The largest absolute Gasteiger partial charge is 0.416 e. The van der Waals surface area contributed by atoms with Crippen LogP contribution in [0.5, 0.6) is 0 Å². The van der Waals surface area contributed by atoms with Gasteiger partial charge in [0.05, 0.1) is 12.1 Å². The molecule has 0 aliphatic carbocycles. The molecule has 0 aliphatic rings. The van der Waals surface area contributed by atoms with Crippen molar-refractivity contribution in [2.24, 2.45) is 0 Å². The van der Waals surface area contributed by atoms with E-state index in [-0.39, 0.29) is 24.2 Å². The van der Waals surface area contributed by atoms with E-state index < -0.39 is 17.6 Å². The van der Waals surface area contributed by atoms with E-state index in [4.69, 9.17) is 0 Å². The number of hydrogen-bond donors (Lipinski definition) is 3. The molecule has 2 amide bonds. The summed E-state index contributed by atoms with van der Waals surface area (Å²) in [5.74, 6) is -0.690. The topological polar surface area (TPSA) is 70.2 Å². The van der Waals surface area contributed by atoms with Gasteiger partial charge < -0.3 is 16.0 Å². The van der Waals surface area contributed by atoms with E-state index in [1.165, 1.54) is 12.1 Å². The highest BCUT2D eigenvalue weighted by atomic mass is 19.4. The molecule has 2 aromatic rings. The van der Waals surface area contributed by atoms with Crippen LogP contribution in [0.4, 0.5) is 24.5 Å². The van der Waals surface area contributed by atoms with Crippen molar-refractivity contribution in [1.82, 2.24) is 5.32 Å². The van der Waals surface area contributed by atoms with Crippen LogP contribution in [0.2, 0.25) is 0 Å². The van der Waals surface area contributed by atoms with Crippen LogP contribution in [0.25, 0.3) is 0 Å². The van der Waals surface area contributed by atoms with Crippen LogP contribution in [0.3, 0.4) is 0 Å². The molecule has 0 saturated heterocycles. The molecule has 1 atom stereocenters. The average Bonchev–Trinajstić information content (AvgIpc) is 2.66. The third-order valence-electron chi connectivity index (χ3n) is 4.04. The first-order valence-electron chi connectivity index (χ1n) is 8.81. The maximum absolute atomic E-state index is 12.7. The minimum Gasteiger partial charge on any atom is -0.376 e. The summed E-state index contributed by atoms with van der Waals surface area (Å²) in [6.45, 7) is 3.63. The molecule has 8 heteroatoms. The highest BCUT2D eigenvalue weighted by Gasteiger charge is 2.30. The molecule has 1 unspecified atom stereocenters. The van der Waals surface area contributed by atoms with Gasteiger partial charge in [0.25, 0.3) is 5.91 Å². The fourth-order valence-corrected chi connectivity index (χ4v) is 2.34. The molecule has 0 bridgehead atoms. The predicted octanol–water partition coefficient (Wildman–Crippen LogP) is 4.28. The van der Waals surface area contributed by atoms with Crippen molar-refractivity contribution in [3.05, 3.63) is 59.7 Å². The van der Waals surface area contributed by atoms with Crippen LogP contribution >= 0.6 is 0 Å². The Kier molecular flexibility index (Phi) is 7.03. The lowest BCUT2D eigenvalue weighted by Crippen LogP contribution is -2.32. The lowest BCUT2D eigenvalue weighted by molar-refractivity contribution is -0.137. The average molecular weight is 393 g/mol. The van der Waals surface area contributed by atoms with Gasteiger partial charge in [0, 0.05) is 23.0 Å². The Morgan fingerprint density at radius 2 is 1.71 bits per heavy atom. The molecule has 150 valence electrons. The zero-order chi connectivity index (χ0) is 20.7. The number of rotatable bonds is 7. The SMILES string of the molecule is CCC(C)NC(=O)c1cccc(NC(=O)CNc2cccc(C(F)(F)F)c2)c1. The summed E-state index contributed by atoms with van der Waals surface area (Å²) < 4.78 is 38.2. The molecule has 0 radical (unpaired) electrons. The summed E-state index contributed by atoms with van der Waals surface area (Å²) in [5.41, 5.74) is 0.223. The molecular formula is C20H22F3N3O2. The second kappa shape index (κ2) is 9.25. The molecule has 0 saturated carbocycles. The van der Waals surface area contributed by atoms with E-state index in [0.717, 1.165) is 18.6 Å². The highest BCUT2D eigenvalue weighted by Crippen LogP contribution is 2.30. The van der Waals surface area contributed by atoms with E-state index in [9.17, 15) is 22.8 Å². The fourth-order valence-electron chi connectivity index (χ4n) is 2.34. The number of anilines is 2. The van der Waals surface area contributed by atoms with Crippen molar-refractivity contribution in [1.29, 1.82) is 0 Å². The molecule has 2 aromatic carbocycles. The number of amides is 2. The maximum Gasteiger partial charge on any atom is 0.416 e. The molecule has 0 fully saturated rings. The van der Waals surface area contributed by atoms with Crippen molar-refractivity contribution < 1.29 is 22.8 Å². The van der Waals surface area contributed by atoms with Gasteiger partial charge in [0.15, 0.2) is 0 Å². The van der Waals surface area contributed by atoms with Gasteiger partial charge in [0.2, 0.25) is 5.91 Å². The molecule has 0 aromatic heterocycles. The minimum atomic E-state index is -4.45. The van der Waals surface area contributed by atoms with E-state index in [0.29, 0.717) is 11.3 Å². The fraction of sp³-hybridized carbons (Fsp3) is 0.300. The second-order valence-electron chi connectivity index (χ2n) is 6.34.